The fraction of sp³-hybridized carbons (Fsp3) is 0.385. The van der Waals surface area contributed by atoms with Crippen LogP contribution in [0.3, 0.4) is 0 Å². The monoisotopic (exact) mass is 303 g/mol. The number of likely N-dealkylation sites (N-methyl/N-ethyl adjacent to an activating group) is 1. The van der Waals surface area contributed by atoms with Crippen molar-refractivity contribution in [1.82, 2.24) is 29.9 Å². The average molecular weight is 304 g/mol. The maximum absolute atomic E-state index is 6.04. The molecule has 3 aromatic rings. The van der Waals surface area contributed by atoms with Gasteiger partial charge in [0.05, 0.1) is 10.4 Å². The Morgan fingerprint density at radius 3 is 2.90 bits per heavy atom. The van der Waals surface area contributed by atoms with E-state index in [2.05, 4.69) is 30.3 Å². The molecule has 0 saturated carbocycles. The summed E-state index contributed by atoms with van der Waals surface area (Å²) < 4.78 is 1.78. The van der Waals surface area contributed by atoms with E-state index in [1.54, 1.807) is 10.7 Å². The van der Waals surface area contributed by atoms with Gasteiger partial charge in [0.2, 0.25) is 5.95 Å². The number of rotatable bonds is 2. The van der Waals surface area contributed by atoms with Crippen LogP contribution < -0.4 is 10.2 Å². The van der Waals surface area contributed by atoms with Crippen molar-refractivity contribution >= 4 is 34.2 Å². The molecule has 7 nitrogen and oxygen atoms in total. The minimum absolute atomic E-state index is 0.486. The summed E-state index contributed by atoms with van der Waals surface area (Å²) in [5.41, 5.74) is 1.39. The maximum Gasteiger partial charge on any atom is 0.230 e. The van der Waals surface area contributed by atoms with E-state index in [1.807, 2.05) is 20.0 Å². The molecule has 0 amide bonds. The Morgan fingerprint density at radius 1 is 1.33 bits per heavy atom. The molecule has 0 spiro atoms. The van der Waals surface area contributed by atoms with Gasteiger partial charge >= 0.3 is 0 Å². The highest BCUT2D eigenvalue weighted by Gasteiger charge is 2.29. The predicted octanol–water partition coefficient (Wildman–Crippen LogP) is 1.04. The van der Waals surface area contributed by atoms with Crippen molar-refractivity contribution < 1.29 is 0 Å². The smallest absolute Gasteiger partial charge is 0.230 e. The first-order chi connectivity index (χ1) is 10.2. The summed E-state index contributed by atoms with van der Waals surface area (Å²) >= 11 is 6.04. The van der Waals surface area contributed by atoms with E-state index >= 15 is 0 Å². The molecule has 0 atom stereocenters. The molecule has 4 rings (SSSR count). The van der Waals surface area contributed by atoms with Gasteiger partial charge in [-0.3, -0.25) is 0 Å². The van der Waals surface area contributed by atoms with Crippen molar-refractivity contribution in [3.63, 3.8) is 0 Å². The Morgan fingerprint density at radius 2 is 2.14 bits per heavy atom. The minimum Gasteiger partial charge on any atom is -0.337 e. The zero-order valence-corrected chi connectivity index (χ0v) is 12.5. The Balaban J connectivity index is 1.95. The molecule has 0 aromatic carbocycles. The van der Waals surface area contributed by atoms with Gasteiger partial charge < -0.3 is 10.2 Å². The van der Waals surface area contributed by atoms with Gasteiger partial charge in [0.1, 0.15) is 5.82 Å². The number of fused-ring (bicyclic) bond motifs is 3. The lowest BCUT2D eigenvalue weighted by molar-refractivity contribution is 0.440. The van der Waals surface area contributed by atoms with Crippen LogP contribution in [0.5, 0.6) is 0 Å². The summed E-state index contributed by atoms with van der Waals surface area (Å²) in [5, 5.41) is 9.09. The van der Waals surface area contributed by atoms with Crippen LogP contribution in [-0.4, -0.2) is 50.7 Å². The molecule has 0 unspecified atom stereocenters. The van der Waals surface area contributed by atoms with Crippen LogP contribution in [0.1, 0.15) is 5.82 Å². The number of hydrogen-bond donors (Lipinski definition) is 1. The lowest BCUT2D eigenvalue weighted by Crippen LogP contribution is -2.58. The van der Waals surface area contributed by atoms with Gasteiger partial charge in [0, 0.05) is 25.3 Å². The van der Waals surface area contributed by atoms with Crippen LogP contribution in [0.4, 0.5) is 5.95 Å². The number of nitrogens with one attached hydrogen (secondary N) is 1. The SMILES string of the molecule is CNC1CN(c2nc3ncc(Cl)cc3c3nc(C)nn23)C1. The molecule has 1 aliphatic heterocycles. The summed E-state index contributed by atoms with van der Waals surface area (Å²) in [7, 11) is 1.97. The van der Waals surface area contributed by atoms with E-state index in [0.29, 0.717) is 22.5 Å². The quantitative estimate of drug-likeness (QED) is 0.763. The summed E-state index contributed by atoms with van der Waals surface area (Å²) in [4.78, 5) is 15.6. The van der Waals surface area contributed by atoms with Crippen LogP contribution in [0.25, 0.3) is 16.7 Å². The first-order valence-electron chi connectivity index (χ1n) is 6.76. The molecule has 0 aliphatic carbocycles. The van der Waals surface area contributed by atoms with Gasteiger partial charge in [-0.15, -0.1) is 5.10 Å². The third-order valence-electron chi connectivity index (χ3n) is 3.76. The molecule has 1 fully saturated rings. The Hall–Kier alpha value is -1.99. The third kappa shape index (κ3) is 1.92. The number of halogens is 1. The van der Waals surface area contributed by atoms with E-state index in [-0.39, 0.29) is 0 Å². The van der Waals surface area contributed by atoms with Gasteiger partial charge in [-0.1, -0.05) is 11.6 Å². The normalized spacial score (nSPS) is 15.9. The van der Waals surface area contributed by atoms with Crippen LogP contribution in [0.15, 0.2) is 12.3 Å². The standard InChI is InChI=1S/C13H14ClN7/c1-7-17-12-10-3-8(14)4-16-11(10)18-13(21(12)19-7)20-5-9(6-20)15-2/h3-4,9,15H,5-6H2,1-2H3. The molecule has 1 aliphatic rings. The zero-order chi connectivity index (χ0) is 14.6. The fourth-order valence-electron chi connectivity index (χ4n) is 2.59. The second-order valence-corrected chi connectivity index (χ2v) is 5.66. The Bertz CT molecular complexity index is 837. The number of aryl methyl sites for hydroxylation is 1. The molecular weight excluding hydrogens is 290 g/mol. The van der Waals surface area contributed by atoms with Gasteiger partial charge in [-0.25, -0.2) is 9.97 Å². The number of nitrogens with zero attached hydrogens (tertiary/aromatic N) is 6. The highest BCUT2D eigenvalue weighted by Crippen LogP contribution is 2.26. The van der Waals surface area contributed by atoms with Gasteiger partial charge in [0.15, 0.2) is 11.3 Å². The van der Waals surface area contributed by atoms with E-state index in [0.717, 1.165) is 30.1 Å². The summed E-state index contributed by atoms with van der Waals surface area (Å²) in [5.74, 6) is 1.48. The second kappa shape index (κ2) is 4.51. The van der Waals surface area contributed by atoms with Gasteiger partial charge in [-0.2, -0.15) is 9.50 Å². The van der Waals surface area contributed by atoms with Crippen molar-refractivity contribution in [3.8, 4) is 0 Å². The van der Waals surface area contributed by atoms with Crippen LogP contribution in [0, 0.1) is 6.92 Å². The summed E-state index contributed by atoms with van der Waals surface area (Å²) in [6, 6.07) is 2.32. The van der Waals surface area contributed by atoms with Crippen molar-refractivity contribution in [2.75, 3.05) is 25.0 Å². The minimum atomic E-state index is 0.486. The fourth-order valence-corrected chi connectivity index (χ4v) is 2.74. The van der Waals surface area contributed by atoms with E-state index in [9.17, 15) is 0 Å². The largest absolute Gasteiger partial charge is 0.337 e. The lowest BCUT2D eigenvalue weighted by atomic mass is 10.1. The summed E-state index contributed by atoms with van der Waals surface area (Å²) in [6.45, 7) is 3.67. The highest BCUT2D eigenvalue weighted by atomic mass is 35.5. The van der Waals surface area contributed by atoms with Crippen LogP contribution in [0.2, 0.25) is 5.02 Å². The molecule has 1 saturated heterocycles. The molecule has 8 heteroatoms. The van der Waals surface area contributed by atoms with Gasteiger partial charge in [0.25, 0.3) is 0 Å². The number of hydrogen-bond acceptors (Lipinski definition) is 6. The molecule has 21 heavy (non-hydrogen) atoms. The highest BCUT2D eigenvalue weighted by molar-refractivity contribution is 6.31. The topological polar surface area (TPSA) is 71.2 Å². The maximum atomic E-state index is 6.04. The van der Waals surface area contributed by atoms with Crippen LogP contribution >= 0.6 is 11.6 Å². The molecule has 108 valence electrons. The van der Waals surface area contributed by atoms with Crippen molar-refractivity contribution in [1.29, 1.82) is 0 Å². The third-order valence-corrected chi connectivity index (χ3v) is 3.96. The Kier molecular flexibility index (Phi) is 2.73. The van der Waals surface area contributed by atoms with Gasteiger partial charge in [-0.05, 0) is 20.0 Å². The van der Waals surface area contributed by atoms with E-state index in [4.69, 9.17) is 11.6 Å². The van der Waals surface area contributed by atoms with Crippen molar-refractivity contribution in [3.05, 3.63) is 23.1 Å². The number of anilines is 1. The Labute approximate surface area is 126 Å². The van der Waals surface area contributed by atoms with E-state index < -0.39 is 0 Å². The molecule has 1 N–H and O–H groups in total. The molecule has 0 bridgehead atoms. The molecule has 0 radical (unpaired) electrons. The second-order valence-electron chi connectivity index (χ2n) is 5.22. The van der Waals surface area contributed by atoms with Crippen LogP contribution in [-0.2, 0) is 0 Å². The molecular formula is C13H14ClN7. The lowest BCUT2D eigenvalue weighted by Gasteiger charge is -2.39. The average Bonchev–Trinajstić information content (AvgIpc) is 2.80. The first-order valence-corrected chi connectivity index (χ1v) is 7.14. The zero-order valence-electron chi connectivity index (χ0n) is 11.7. The number of pyridine rings is 1. The van der Waals surface area contributed by atoms with Crippen molar-refractivity contribution in [2.24, 2.45) is 0 Å². The first kappa shape index (κ1) is 12.7. The molecule has 4 heterocycles. The predicted molar refractivity (Wildman–Crippen MR) is 80.9 cm³/mol. The molecule has 3 aromatic heterocycles. The van der Waals surface area contributed by atoms with Crippen molar-refractivity contribution in [2.45, 2.75) is 13.0 Å². The van der Waals surface area contributed by atoms with E-state index in [1.165, 1.54) is 0 Å². The summed E-state index contributed by atoms with van der Waals surface area (Å²) in [6.07, 6.45) is 1.60. The number of aromatic nitrogens is 5.